The van der Waals surface area contributed by atoms with Gasteiger partial charge in [-0.1, -0.05) is 19.3 Å². The van der Waals surface area contributed by atoms with Gasteiger partial charge in [0.15, 0.2) is 0 Å². The van der Waals surface area contributed by atoms with E-state index in [1.807, 2.05) is 7.05 Å². The zero-order valence-electron chi connectivity index (χ0n) is 10.2. The van der Waals surface area contributed by atoms with E-state index < -0.39 is 0 Å². The van der Waals surface area contributed by atoms with Crippen LogP contribution in [0.15, 0.2) is 10.8 Å². The summed E-state index contributed by atoms with van der Waals surface area (Å²) >= 11 is 3.52. The number of rotatable bonds is 4. The van der Waals surface area contributed by atoms with Crippen molar-refractivity contribution in [2.75, 3.05) is 24.2 Å². The molecule has 5 heteroatoms. The first-order valence-corrected chi connectivity index (χ1v) is 7.02. The van der Waals surface area contributed by atoms with E-state index in [2.05, 4.69) is 36.5 Å². The summed E-state index contributed by atoms with van der Waals surface area (Å²) in [6, 6.07) is 0. The maximum absolute atomic E-state index is 4.26. The lowest BCUT2D eigenvalue weighted by Gasteiger charge is -2.22. The molecular weight excluding hydrogens is 280 g/mol. The Labute approximate surface area is 111 Å². The Morgan fingerprint density at radius 3 is 2.65 bits per heavy atom. The number of halogens is 1. The number of hydrogen-bond acceptors (Lipinski definition) is 4. The molecule has 1 heterocycles. The summed E-state index contributed by atoms with van der Waals surface area (Å²) in [4.78, 5) is 8.41. The minimum absolute atomic E-state index is 0.795. The third-order valence-corrected chi connectivity index (χ3v) is 4.06. The van der Waals surface area contributed by atoms with Gasteiger partial charge in [-0.25, -0.2) is 9.97 Å². The maximum Gasteiger partial charge on any atom is 0.145 e. The zero-order chi connectivity index (χ0) is 12.1. The van der Waals surface area contributed by atoms with Gasteiger partial charge in [0.25, 0.3) is 0 Å². The van der Waals surface area contributed by atoms with Crippen molar-refractivity contribution < 1.29 is 0 Å². The molecule has 1 aliphatic rings. The molecule has 0 radical (unpaired) electrons. The minimum Gasteiger partial charge on any atom is -0.372 e. The van der Waals surface area contributed by atoms with Crippen molar-refractivity contribution in [2.24, 2.45) is 5.92 Å². The van der Waals surface area contributed by atoms with Crippen molar-refractivity contribution in [1.82, 2.24) is 9.97 Å². The average molecular weight is 299 g/mol. The monoisotopic (exact) mass is 298 g/mol. The summed E-state index contributed by atoms with van der Waals surface area (Å²) in [5.74, 6) is 2.50. The molecule has 0 aromatic carbocycles. The van der Waals surface area contributed by atoms with E-state index >= 15 is 0 Å². The summed E-state index contributed by atoms with van der Waals surface area (Å²) in [6.07, 6.45) is 8.42. The van der Waals surface area contributed by atoms with Gasteiger partial charge in [0, 0.05) is 13.6 Å². The Balaban J connectivity index is 1.93. The first-order valence-electron chi connectivity index (χ1n) is 6.23. The van der Waals surface area contributed by atoms with Crippen LogP contribution in [0, 0.1) is 5.92 Å². The molecule has 0 unspecified atom stereocenters. The van der Waals surface area contributed by atoms with Crippen LogP contribution >= 0.6 is 15.9 Å². The SMILES string of the molecule is CNc1ncnc(NCC2CCCCC2)c1Br. The lowest BCUT2D eigenvalue weighted by Crippen LogP contribution is -2.18. The highest BCUT2D eigenvalue weighted by molar-refractivity contribution is 9.10. The molecule has 1 fully saturated rings. The number of nitrogens with one attached hydrogen (secondary N) is 2. The van der Waals surface area contributed by atoms with Gasteiger partial charge in [-0.15, -0.1) is 0 Å². The van der Waals surface area contributed by atoms with Crippen LogP contribution in [-0.4, -0.2) is 23.6 Å². The second kappa shape index (κ2) is 6.19. The summed E-state index contributed by atoms with van der Waals surface area (Å²) in [5.41, 5.74) is 0. The highest BCUT2D eigenvalue weighted by Crippen LogP contribution is 2.28. The molecule has 2 N–H and O–H groups in total. The molecule has 0 spiro atoms. The lowest BCUT2D eigenvalue weighted by atomic mass is 9.89. The molecule has 1 aromatic rings. The molecule has 0 saturated heterocycles. The molecule has 1 aromatic heterocycles. The summed E-state index contributed by atoms with van der Waals surface area (Å²) in [5, 5.41) is 6.45. The van der Waals surface area contributed by atoms with Gasteiger partial charge in [0.2, 0.25) is 0 Å². The van der Waals surface area contributed by atoms with Crippen molar-refractivity contribution >= 4 is 27.6 Å². The Morgan fingerprint density at radius 1 is 1.24 bits per heavy atom. The van der Waals surface area contributed by atoms with E-state index in [4.69, 9.17) is 0 Å². The first-order chi connectivity index (χ1) is 8.31. The topological polar surface area (TPSA) is 49.8 Å². The Hall–Kier alpha value is -0.840. The highest BCUT2D eigenvalue weighted by atomic mass is 79.9. The molecule has 0 atom stereocenters. The van der Waals surface area contributed by atoms with Crippen molar-refractivity contribution in [3.05, 3.63) is 10.8 Å². The van der Waals surface area contributed by atoms with E-state index in [1.54, 1.807) is 6.33 Å². The second-order valence-electron chi connectivity index (χ2n) is 4.52. The molecule has 2 rings (SSSR count). The maximum atomic E-state index is 4.26. The van der Waals surface area contributed by atoms with Gasteiger partial charge in [0.1, 0.15) is 22.4 Å². The van der Waals surface area contributed by atoms with E-state index in [-0.39, 0.29) is 0 Å². The van der Waals surface area contributed by atoms with Gasteiger partial charge in [-0.05, 0) is 34.7 Å². The third-order valence-electron chi connectivity index (χ3n) is 3.31. The predicted molar refractivity (Wildman–Crippen MR) is 74.3 cm³/mol. The zero-order valence-corrected chi connectivity index (χ0v) is 11.8. The first kappa shape index (κ1) is 12.6. The third kappa shape index (κ3) is 3.31. The number of hydrogen-bond donors (Lipinski definition) is 2. The molecular formula is C12H19BrN4. The molecule has 0 bridgehead atoms. The summed E-state index contributed by atoms with van der Waals surface area (Å²) < 4.78 is 0.915. The van der Waals surface area contributed by atoms with Gasteiger partial charge in [-0.2, -0.15) is 0 Å². The smallest absolute Gasteiger partial charge is 0.145 e. The molecule has 0 amide bonds. The fourth-order valence-corrected chi connectivity index (χ4v) is 2.84. The standard InChI is InChI=1S/C12H19BrN4/c1-14-11-10(13)12(17-8-16-11)15-7-9-5-3-2-4-6-9/h8-9H,2-7H2,1H3,(H2,14,15,16,17). The van der Waals surface area contributed by atoms with E-state index in [1.165, 1.54) is 32.1 Å². The largest absolute Gasteiger partial charge is 0.372 e. The fourth-order valence-electron chi connectivity index (χ4n) is 2.30. The average Bonchev–Trinajstić information content (AvgIpc) is 2.39. The van der Waals surface area contributed by atoms with Crippen molar-refractivity contribution in [2.45, 2.75) is 32.1 Å². The van der Waals surface area contributed by atoms with Gasteiger partial charge >= 0.3 is 0 Å². The quantitative estimate of drug-likeness (QED) is 0.896. The van der Waals surface area contributed by atoms with Crippen molar-refractivity contribution in [3.8, 4) is 0 Å². The molecule has 94 valence electrons. The minimum atomic E-state index is 0.795. The van der Waals surface area contributed by atoms with Crippen LogP contribution in [0.2, 0.25) is 0 Å². The number of nitrogens with zero attached hydrogens (tertiary/aromatic N) is 2. The van der Waals surface area contributed by atoms with Crippen LogP contribution in [0.1, 0.15) is 32.1 Å². The van der Waals surface area contributed by atoms with E-state index in [0.29, 0.717) is 0 Å². The van der Waals surface area contributed by atoms with E-state index in [9.17, 15) is 0 Å². The van der Waals surface area contributed by atoms with Crippen LogP contribution < -0.4 is 10.6 Å². The van der Waals surface area contributed by atoms with Crippen molar-refractivity contribution in [1.29, 1.82) is 0 Å². The molecule has 4 nitrogen and oxygen atoms in total. The lowest BCUT2D eigenvalue weighted by molar-refractivity contribution is 0.373. The Bertz CT molecular complexity index is 364. The van der Waals surface area contributed by atoms with Crippen LogP contribution in [0.5, 0.6) is 0 Å². The van der Waals surface area contributed by atoms with Crippen molar-refractivity contribution in [3.63, 3.8) is 0 Å². The highest BCUT2D eigenvalue weighted by Gasteiger charge is 2.14. The molecule has 17 heavy (non-hydrogen) atoms. The molecule has 1 saturated carbocycles. The van der Waals surface area contributed by atoms with Crippen LogP contribution in [-0.2, 0) is 0 Å². The Kier molecular flexibility index (Phi) is 4.59. The summed E-state index contributed by atoms with van der Waals surface area (Å²) in [7, 11) is 1.86. The summed E-state index contributed by atoms with van der Waals surface area (Å²) in [6.45, 7) is 1.01. The van der Waals surface area contributed by atoms with Crippen LogP contribution in [0.4, 0.5) is 11.6 Å². The Morgan fingerprint density at radius 2 is 1.94 bits per heavy atom. The van der Waals surface area contributed by atoms with Crippen LogP contribution in [0.3, 0.4) is 0 Å². The van der Waals surface area contributed by atoms with Gasteiger partial charge in [0.05, 0.1) is 0 Å². The normalized spacial score (nSPS) is 16.8. The second-order valence-corrected chi connectivity index (χ2v) is 5.31. The predicted octanol–water partition coefficient (Wildman–Crippen LogP) is 3.27. The van der Waals surface area contributed by atoms with Gasteiger partial charge in [-0.3, -0.25) is 0 Å². The van der Waals surface area contributed by atoms with E-state index in [0.717, 1.165) is 28.6 Å². The fraction of sp³-hybridized carbons (Fsp3) is 0.667. The van der Waals surface area contributed by atoms with Crippen LogP contribution in [0.25, 0.3) is 0 Å². The number of anilines is 2. The molecule has 1 aliphatic carbocycles. The number of aromatic nitrogens is 2. The van der Waals surface area contributed by atoms with Gasteiger partial charge < -0.3 is 10.6 Å². The molecule has 0 aliphatic heterocycles.